The first kappa shape index (κ1) is 8.56. The fourth-order valence-corrected chi connectivity index (χ4v) is 1.47. The van der Waals surface area contributed by atoms with E-state index in [1.807, 2.05) is 0 Å². The SMILES string of the molecule is O=C(O)c1cccc2c([O-])cccc12. The summed E-state index contributed by atoms with van der Waals surface area (Å²) in [5.41, 5.74) is 0.167. The van der Waals surface area contributed by atoms with Crippen LogP contribution in [0.15, 0.2) is 36.4 Å². The number of aromatic carboxylic acids is 1. The molecule has 3 nitrogen and oxygen atoms in total. The van der Waals surface area contributed by atoms with Crippen LogP contribution < -0.4 is 5.11 Å². The van der Waals surface area contributed by atoms with Crippen molar-refractivity contribution in [3.05, 3.63) is 42.0 Å². The zero-order valence-corrected chi connectivity index (χ0v) is 7.23. The average Bonchev–Trinajstić information content (AvgIpc) is 2.17. The number of hydrogen-bond donors (Lipinski definition) is 1. The summed E-state index contributed by atoms with van der Waals surface area (Å²) in [4.78, 5) is 10.8. The molecule has 0 spiro atoms. The van der Waals surface area contributed by atoms with Crippen LogP contribution in [-0.2, 0) is 0 Å². The van der Waals surface area contributed by atoms with Gasteiger partial charge in [-0.3, -0.25) is 0 Å². The Morgan fingerprint density at radius 2 is 1.71 bits per heavy atom. The molecule has 0 radical (unpaired) electrons. The van der Waals surface area contributed by atoms with E-state index < -0.39 is 5.97 Å². The predicted molar refractivity (Wildman–Crippen MR) is 50.4 cm³/mol. The Balaban J connectivity index is 2.88. The van der Waals surface area contributed by atoms with Gasteiger partial charge in [-0.25, -0.2) is 4.79 Å². The van der Waals surface area contributed by atoms with Crippen molar-refractivity contribution in [2.24, 2.45) is 0 Å². The Morgan fingerprint density at radius 3 is 2.43 bits per heavy atom. The van der Waals surface area contributed by atoms with Gasteiger partial charge in [0, 0.05) is 0 Å². The van der Waals surface area contributed by atoms with Crippen LogP contribution >= 0.6 is 0 Å². The van der Waals surface area contributed by atoms with E-state index in [1.54, 1.807) is 24.3 Å². The summed E-state index contributed by atoms with van der Waals surface area (Å²) in [6, 6.07) is 9.33. The molecule has 2 aromatic rings. The molecule has 2 aromatic carbocycles. The number of carboxylic acids is 1. The largest absolute Gasteiger partial charge is 0.872 e. The number of hydrogen-bond acceptors (Lipinski definition) is 2. The number of carbonyl (C=O) groups is 1. The average molecular weight is 187 g/mol. The van der Waals surface area contributed by atoms with Crippen LogP contribution in [0.1, 0.15) is 10.4 Å². The second-order valence-corrected chi connectivity index (χ2v) is 2.96. The quantitative estimate of drug-likeness (QED) is 0.737. The lowest BCUT2D eigenvalue weighted by Gasteiger charge is -2.10. The molecular formula is C11H7O3-. The summed E-state index contributed by atoms with van der Waals surface area (Å²) in [5.74, 6) is -1.16. The van der Waals surface area contributed by atoms with Gasteiger partial charge in [0.05, 0.1) is 5.56 Å². The van der Waals surface area contributed by atoms with Crippen LogP contribution in [0.5, 0.6) is 5.75 Å². The van der Waals surface area contributed by atoms with Gasteiger partial charge >= 0.3 is 5.97 Å². The zero-order valence-electron chi connectivity index (χ0n) is 7.23. The van der Waals surface area contributed by atoms with Crippen molar-refractivity contribution in [2.75, 3.05) is 0 Å². The van der Waals surface area contributed by atoms with Crippen LogP contribution in [0.25, 0.3) is 10.8 Å². The van der Waals surface area contributed by atoms with Crippen LogP contribution in [0.2, 0.25) is 0 Å². The highest BCUT2D eigenvalue weighted by atomic mass is 16.4. The molecule has 1 N–H and O–H groups in total. The summed E-state index contributed by atoms with van der Waals surface area (Å²) in [6.07, 6.45) is 0. The molecule has 0 atom stereocenters. The summed E-state index contributed by atoms with van der Waals surface area (Å²) in [7, 11) is 0. The predicted octanol–water partition coefficient (Wildman–Crippen LogP) is 1.61. The van der Waals surface area contributed by atoms with Crippen molar-refractivity contribution in [3.63, 3.8) is 0 Å². The molecule has 0 aromatic heterocycles. The Hall–Kier alpha value is -2.03. The van der Waals surface area contributed by atoms with Crippen molar-refractivity contribution in [1.29, 1.82) is 0 Å². The van der Waals surface area contributed by atoms with Crippen molar-refractivity contribution in [2.45, 2.75) is 0 Å². The van der Waals surface area contributed by atoms with Crippen LogP contribution in [0.4, 0.5) is 0 Å². The monoisotopic (exact) mass is 187 g/mol. The van der Waals surface area contributed by atoms with E-state index >= 15 is 0 Å². The van der Waals surface area contributed by atoms with E-state index in [4.69, 9.17) is 5.11 Å². The van der Waals surface area contributed by atoms with E-state index in [2.05, 4.69) is 0 Å². The van der Waals surface area contributed by atoms with E-state index in [9.17, 15) is 9.90 Å². The molecule has 0 fully saturated rings. The lowest BCUT2D eigenvalue weighted by molar-refractivity contribution is -0.265. The smallest absolute Gasteiger partial charge is 0.336 e. The first-order valence-electron chi connectivity index (χ1n) is 4.12. The number of benzene rings is 2. The van der Waals surface area contributed by atoms with Gasteiger partial charge in [0.25, 0.3) is 0 Å². The lowest BCUT2D eigenvalue weighted by atomic mass is 10.0. The topological polar surface area (TPSA) is 60.4 Å². The van der Waals surface area contributed by atoms with Crippen molar-refractivity contribution in [1.82, 2.24) is 0 Å². The van der Waals surface area contributed by atoms with E-state index in [-0.39, 0.29) is 11.3 Å². The molecule has 0 aliphatic rings. The normalized spacial score (nSPS) is 10.3. The van der Waals surface area contributed by atoms with Gasteiger partial charge in [-0.15, -0.1) is 5.75 Å². The standard InChI is InChI=1S/C11H8O3/c12-10-6-2-3-7-8(10)4-1-5-9(7)11(13)14/h1-6,12H,(H,13,14)/p-1. The van der Waals surface area contributed by atoms with E-state index in [0.29, 0.717) is 10.8 Å². The molecule has 0 heterocycles. The molecule has 0 amide bonds. The van der Waals surface area contributed by atoms with Gasteiger partial charge in [-0.1, -0.05) is 30.3 Å². The lowest BCUT2D eigenvalue weighted by Crippen LogP contribution is -1.98. The minimum absolute atomic E-state index is 0.148. The van der Waals surface area contributed by atoms with Crippen molar-refractivity contribution >= 4 is 16.7 Å². The third kappa shape index (κ3) is 1.19. The highest BCUT2D eigenvalue weighted by Crippen LogP contribution is 2.24. The van der Waals surface area contributed by atoms with Crippen LogP contribution in [-0.4, -0.2) is 11.1 Å². The van der Waals surface area contributed by atoms with Gasteiger partial charge in [-0.05, 0) is 16.8 Å². The third-order valence-corrected chi connectivity index (χ3v) is 2.11. The minimum atomic E-state index is -1.01. The summed E-state index contributed by atoms with van der Waals surface area (Å²) >= 11 is 0. The molecule has 0 unspecified atom stereocenters. The molecule has 14 heavy (non-hydrogen) atoms. The maximum atomic E-state index is 11.4. The molecule has 0 aliphatic carbocycles. The van der Waals surface area contributed by atoms with Gasteiger partial charge < -0.3 is 10.2 Å². The minimum Gasteiger partial charge on any atom is -0.872 e. The van der Waals surface area contributed by atoms with E-state index in [0.717, 1.165) is 0 Å². The first-order chi connectivity index (χ1) is 6.70. The molecule has 0 saturated heterocycles. The second kappa shape index (κ2) is 3.03. The number of rotatable bonds is 1. The Morgan fingerprint density at radius 1 is 1.07 bits per heavy atom. The van der Waals surface area contributed by atoms with Crippen LogP contribution in [0.3, 0.4) is 0 Å². The maximum Gasteiger partial charge on any atom is 0.336 e. The molecular weight excluding hydrogens is 180 g/mol. The zero-order chi connectivity index (χ0) is 10.1. The molecule has 0 saturated carbocycles. The van der Waals surface area contributed by atoms with Gasteiger partial charge in [-0.2, -0.15) is 0 Å². The third-order valence-electron chi connectivity index (χ3n) is 2.11. The van der Waals surface area contributed by atoms with Gasteiger partial charge in [0.2, 0.25) is 0 Å². The first-order valence-corrected chi connectivity index (χ1v) is 4.12. The molecule has 2 rings (SSSR count). The fourth-order valence-electron chi connectivity index (χ4n) is 1.47. The van der Waals surface area contributed by atoms with Crippen LogP contribution in [0, 0.1) is 0 Å². The maximum absolute atomic E-state index is 11.4. The van der Waals surface area contributed by atoms with E-state index in [1.165, 1.54) is 12.1 Å². The van der Waals surface area contributed by atoms with Gasteiger partial charge in [0.15, 0.2) is 0 Å². The second-order valence-electron chi connectivity index (χ2n) is 2.96. The number of fused-ring (bicyclic) bond motifs is 1. The molecule has 0 bridgehead atoms. The Kier molecular flexibility index (Phi) is 1.85. The Labute approximate surface area is 80.2 Å². The summed E-state index contributed by atoms with van der Waals surface area (Å²) in [6.45, 7) is 0. The van der Waals surface area contributed by atoms with Gasteiger partial charge in [0.1, 0.15) is 0 Å². The molecule has 3 heteroatoms. The van der Waals surface area contributed by atoms with Crippen molar-refractivity contribution in [3.8, 4) is 5.75 Å². The highest BCUT2D eigenvalue weighted by molar-refractivity contribution is 6.05. The molecule has 0 aliphatic heterocycles. The Bertz CT molecular complexity index is 503. The van der Waals surface area contributed by atoms with Crippen molar-refractivity contribution < 1.29 is 15.0 Å². The summed E-state index contributed by atoms with van der Waals surface area (Å²) in [5, 5.41) is 21.2. The molecule has 70 valence electrons. The summed E-state index contributed by atoms with van der Waals surface area (Å²) < 4.78 is 0. The fraction of sp³-hybridized carbons (Fsp3) is 0. The number of carboxylic acid groups (broad SMARTS) is 1. The highest BCUT2D eigenvalue weighted by Gasteiger charge is 2.06.